The van der Waals surface area contributed by atoms with Crippen LogP contribution in [0.3, 0.4) is 0 Å². The van der Waals surface area contributed by atoms with Gasteiger partial charge in [-0.2, -0.15) is 5.10 Å². The lowest BCUT2D eigenvalue weighted by Gasteiger charge is -2.17. The number of carbonyl (C=O) groups excluding carboxylic acids is 1. The molecule has 4 N–H and O–H groups in total. The number of nitrogen functional groups attached to an aromatic ring is 1. The molecular weight excluding hydrogens is 204 g/mol. The summed E-state index contributed by atoms with van der Waals surface area (Å²) in [5, 5.41) is 4.11. The standard InChI is InChI=1S/C11H20N4O/c1-5-6(2)9(12)11(16)15-8(4)10(13)7(3)14-15/h6,9H,5,12-13H2,1-4H3/t6-,9-/m0/s1. The molecule has 1 heterocycles. The summed E-state index contributed by atoms with van der Waals surface area (Å²) >= 11 is 0. The third kappa shape index (κ3) is 2.09. The first-order valence-electron chi connectivity index (χ1n) is 5.51. The number of hydrogen-bond acceptors (Lipinski definition) is 4. The van der Waals surface area contributed by atoms with Gasteiger partial charge in [-0.25, -0.2) is 4.68 Å². The maximum absolute atomic E-state index is 12.1. The van der Waals surface area contributed by atoms with Gasteiger partial charge in [-0.3, -0.25) is 4.79 Å². The molecule has 0 bridgehead atoms. The summed E-state index contributed by atoms with van der Waals surface area (Å²) in [5.74, 6) is -0.0516. The van der Waals surface area contributed by atoms with E-state index in [-0.39, 0.29) is 11.8 Å². The molecule has 0 fully saturated rings. The summed E-state index contributed by atoms with van der Waals surface area (Å²) in [5.41, 5.74) is 13.5. The van der Waals surface area contributed by atoms with Gasteiger partial charge in [-0.15, -0.1) is 0 Å². The Hall–Kier alpha value is -1.36. The van der Waals surface area contributed by atoms with Crippen LogP contribution >= 0.6 is 0 Å². The fourth-order valence-corrected chi connectivity index (χ4v) is 1.51. The first-order valence-corrected chi connectivity index (χ1v) is 5.51. The third-order valence-corrected chi connectivity index (χ3v) is 3.10. The maximum Gasteiger partial charge on any atom is 0.264 e. The number of aromatic nitrogens is 2. The normalized spacial score (nSPS) is 14.8. The van der Waals surface area contributed by atoms with E-state index in [1.807, 2.05) is 13.8 Å². The first-order chi connectivity index (χ1) is 7.40. The van der Waals surface area contributed by atoms with Crippen LogP contribution in [0.5, 0.6) is 0 Å². The fourth-order valence-electron chi connectivity index (χ4n) is 1.51. The molecule has 0 aliphatic rings. The van der Waals surface area contributed by atoms with Gasteiger partial charge in [0.25, 0.3) is 5.91 Å². The maximum atomic E-state index is 12.1. The highest BCUT2D eigenvalue weighted by molar-refractivity contribution is 5.85. The van der Waals surface area contributed by atoms with Crippen LogP contribution < -0.4 is 11.5 Å². The Kier molecular flexibility index (Phi) is 3.70. The lowest BCUT2D eigenvalue weighted by molar-refractivity contribution is 0.0831. The topological polar surface area (TPSA) is 86.9 Å². The molecule has 0 aromatic carbocycles. The van der Waals surface area contributed by atoms with Crippen molar-refractivity contribution in [2.75, 3.05) is 5.73 Å². The van der Waals surface area contributed by atoms with Crippen molar-refractivity contribution in [3.63, 3.8) is 0 Å². The van der Waals surface area contributed by atoms with Crippen LogP contribution in [-0.4, -0.2) is 21.7 Å². The first kappa shape index (κ1) is 12.7. The van der Waals surface area contributed by atoms with Gasteiger partial charge in [0, 0.05) is 0 Å². The molecule has 90 valence electrons. The molecule has 16 heavy (non-hydrogen) atoms. The van der Waals surface area contributed by atoms with Crippen molar-refractivity contribution in [1.82, 2.24) is 9.78 Å². The van der Waals surface area contributed by atoms with E-state index in [1.54, 1.807) is 13.8 Å². The quantitative estimate of drug-likeness (QED) is 0.804. The van der Waals surface area contributed by atoms with E-state index in [0.717, 1.165) is 6.42 Å². The largest absolute Gasteiger partial charge is 0.396 e. The lowest BCUT2D eigenvalue weighted by Crippen LogP contribution is -2.40. The zero-order valence-electron chi connectivity index (χ0n) is 10.3. The molecule has 0 spiro atoms. The number of aryl methyl sites for hydroxylation is 1. The third-order valence-electron chi connectivity index (χ3n) is 3.10. The molecule has 1 rings (SSSR count). The van der Waals surface area contributed by atoms with Gasteiger partial charge in [0.15, 0.2) is 0 Å². The number of anilines is 1. The van der Waals surface area contributed by atoms with Crippen LogP contribution in [0.4, 0.5) is 5.69 Å². The molecule has 5 heteroatoms. The molecule has 0 radical (unpaired) electrons. The summed E-state index contributed by atoms with van der Waals surface area (Å²) in [4.78, 5) is 12.1. The second kappa shape index (κ2) is 4.65. The zero-order chi connectivity index (χ0) is 12.5. The van der Waals surface area contributed by atoms with Gasteiger partial charge >= 0.3 is 0 Å². The highest BCUT2D eigenvalue weighted by Crippen LogP contribution is 2.16. The number of carbonyl (C=O) groups is 1. The summed E-state index contributed by atoms with van der Waals surface area (Å²) in [7, 11) is 0. The lowest BCUT2D eigenvalue weighted by atomic mass is 9.99. The second-order valence-corrected chi connectivity index (χ2v) is 4.25. The van der Waals surface area contributed by atoms with Crippen molar-refractivity contribution < 1.29 is 4.79 Å². The van der Waals surface area contributed by atoms with Crippen LogP contribution in [-0.2, 0) is 0 Å². The predicted octanol–water partition coefficient (Wildman–Crippen LogP) is 1.10. The van der Waals surface area contributed by atoms with Crippen molar-refractivity contribution in [3.05, 3.63) is 11.4 Å². The summed E-state index contributed by atoms with van der Waals surface area (Å²) < 4.78 is 1.32. The van der Waals surface area contributed by atoms with Gasteiger partial charge < -0.3 is 11.5 Å². The fraction of sp³-hybridized carbons (Fsp3) is 0.636. The highest BCUT2D eigenvalue weighted by atomic mass is 16.2. The minimum absolute atomic E-state index is 0.137. The summed E-state index contributed by atoms with van der Waals surface area (Å²) in [6, 6.07) is -0.526. The van der Waals surface area contributed by atoms with Crippen molar-refractivity contribution in [3.8, 4) is 0 Å². The Balaban J connectivity index is 3.01. The number of hydrogen-bond donors (Lipinski definition) is 2. The molecule has 2 atom stereocenters. The van der Waals surface area contributed by atoms with E-state index >= 15 is 0 Å². The number of rotatable bonds is 3. The van der Waals surface area contributed by atoms with E-state index < -0.39 is 6.04 Å². The highest BCUT2D eigenvalue weighted by Gasteiger charge is 2.24. The Morgan fingerprint density at radius 3 is 2.44 bits per heavy atom. The van der Waals surface area contributed by atoms with Crippen LogP contribution in [0.1, 0.15) is 36.5 Å². The molecule has 0 amide bonds. The zero-order valence-corrected chi connectivity index (χ0v) is 10.3. The Bertz CT molecular complexity index is 397. The van der Waals surface area contributed by atoms with Gasteiger partial charge in [0.2, 0.25) is 0 Å². The van der Waals surface area contributed by atoms with E-state index in [4.69, 9.17) is 11.5 Å². The average molecular weight is 224 g/mol. The van der Waals surface area contributed by atoms with E-state index in [1.165, 1.54) is 4.68 Å². The molecule has 1 aromatic rings. The van der Waals surface area contributed by atoms with Gasteiger partial charge in [0.1, 0.15) is 0 Å². The second-order valence-electron chi connectivity index (χ2n) is 4.25. The number of nitrogens with two attached hydrogens (primary N) is 2. The molecule has 1 aromatic heterocycles. The van der Waals surface area contributed by atoms with E-state index in [0.29, 0.717) is 17.1 Å². The molecule has 0 saturated carbocycles. The average Bonchev–Trinajstić information content (AvgIpc) is 2.54. The van der Waals surface area contributed by atoms with Crippen LogP contribution in [0.15, 0.2) is 0 Å². The molecule has 5 nitrogen and oxygen atoms in total. The van der Waals surface area contributed by atoms with Crippen LogP contribution in [0.2, 0.25) is 0 Å². The van der Waals surface area contributed by atoms with Crippen molar-refractivity contribution in [1.29, 1.82) is 0 Å². The summed E-state index contributed by atoms with van der Waals surface area (Å²) in [6.07, 6.45) is 0.863. The van der Waals surface area contributed by atoms with Gasteiger partial charge in [-0.1, -0.05) is 20.3 Å². The van der Waals surface area contributed by atoms with Gasteiger partial charge in [-0.05, 0) is 19.8 Å². The van der Waals surface area contributed by atoms with Crippen LogP contribution in [0, 0.1) is 19.8 Å². The Morgan fingerprint density at radius 2 is 2.06 bits per heavy atom. The Morgan fingerprint density at radius 1 is 1.50 bits per heavy atom. The van der Waals surface area contributed by atoms with Crippen molar-refractivity contribution in [2.24, 2.45) is 11.7 Å². The van der Waals surface area contributed by atoms with Crippen LogP contribution in [0.25, 0.3) is 0 Å². The van der Waals surface area contributed by atoms with Crippen molar-refractivity contribution in [2.45, 2.75) is 40.2 Å². The smallest absolute Gasteiger partial charge is 0.264 e. The molecule has 0 unspecified atom stereocenters. The monoisotopic (exact) mass is 224 g/mol. The van der Waals surface area contributed by atoms with Gasteiger partial charge in [0.05, 0.1) is 23.1 Å². The predicted molar refractivity (Wildman–Crippen MR) is 64.2 cm³/mol. The summed E-state index contributed by atoms with van der Waals surface area (Å²) in [6.45, 7) is 7.52. The molecule has 0 aliphatic heterocycles. The molecule has 0 saturated heterocycles. The van der Waals surface area contributed by atoms with E-state index in [9.17, 15) is 4.79 Å². The molecule has 0 aliphatic carbocycles. The number of nitrogens with zero attached hydrogens (tertiary/aromatic N) is 2. The minimum Gasteiger partial charge on any atom is -0.396 e. The molecular formula is C11H20N4O. The Labute approximate surface area is 95.8 Å². The minimum atomic E-state index is -0.526. The SMILES string of the molecule is CC[C@H](C)[C@H](N)C(=O)n1nc(C)c(N)c1C. The van der Waals surface area contributed by atoms with E-state index in [2.05, 4.69) is 5.10 Å². The van der Waals surface area contributed by atoms with Crippen molar-refractivity contribution >= 4 is 11.6 Å².